The fraction of sp³-hybridized carbons (Fsp3) is 0.268. The van der Waals surface area contributed by atoms with Crippen molar-refractivity contribution in [1.82, 2.24) is 9.55 Å². The zero-order valence-corrected chi connectivity index (χ0v) is 33.0. The number of aliphatic hydroxyl groups excluding tert-OH is 1. The summed E-state index contributed by atoms with van der Waals surface area (Å²) in [4.78, 5) is 53.1. The first-order valence-electron chi connectivity index (χ1n) is 17.8. The number of carbonyl (C=O) groups excluding carboxylic acids is 2. The monoisotopic (exact) mass is 819 g/mol. The third-order valence-corrected chi connectivity index (χ3v) is 8.71. The summed E-state index contributed by atoms with van der Waals surface area (Å²) in [5.41, 5.74) is 6.90. The number of aldehydes is 1. The maximum absolute atomic E-state index is 12.8. The molecule has 0 bridgehead atoms. The van der Waals surface area contributed by atoms with Crippen LogP contribution in [-0.4, -0.2) is 89.1 Å². The van der Waals surface area contributed by atoms with Crippen LogP contribution < -0.4 is 20.9 Å². The first-order valence-corrected chi connectivity index (χ1v) is 19.1. The van der Waals surface area contributed by atoms with E-state index >= 15 is 0 Å². The number of anilines is 1. The molecule has 5 aromatic rings. The van der Waals surface area contributed by atoms with Crippen molar-refractivity contribution in [2.75, 3.05) is 39.8 Å². The molecule has 6 rings (SSSR count). The number of nitrogens with two attached hydrogens (primary N) is 1. The molecule has 0 radical (unpaired) electrons. The zero-order valence-electron chi connectivity index (χ0n) is 32.0. The zero-order chi connectivity index (χ0) is 42.1. The molecule has 1 fully saturated rings. The first kappa shape index (κ1) is 45.0. The lowest BCUT2D eigenvalue weighted by molar-refractivity contribution is -0.155. The molecule has 0 aliphatic carbocycles. The van der Waals surface area contributed by atoms with E-state index in [0.717, 1.165) is 33.1 Å². The van der Waals surface area contributed by atoms with Crippen LogP contribution in [0, 0.1) is 0 Å². The predicted molar refractivity (Wildman–Crippen MR) is 213 cm³/mol. The number of esters is 1. The SMILES string of the molecule is CCOC(=O)COC1C(O)[C@@H](COC(c2ccccc2)(c2ccc(OC)cc2)c2ccc(OC)cc2)O[C@H]1n1ccc(N)nc1=O.O=Cc1ccccc1.O=[PH](O)O. The van der Waals surface area contributed by atoms with E-state index in [1.54, 1.807) is 33.3 Å². The van der Waals surface area contributed by atoms with E-state index < -0.39 is 56.7 Å². The molecule has 2 heterocycles. The number of aromatic nitrogens is 2. The second-order valence-electron chi connectivity index (χ2n) is 12.3. The van der Waals surface area contributed by atoms with Gasteiger partial charge in [-0.3, -0.25) is 13.9 Å². The van der Waals surface area contributed by atoms with Gasteiger partial charge in [-0.2, -0.15) is 4.98 Å². The van der Waals surface area contributed by atoms with Gasteiger partial charge in [0.1, 0.15) is 54.1 Å². The van der Waals surface area contributed by atoms with Gasteiger partial charge >= 0.3 is 19.9 Å². The minimum Gasteiger partial charge on any atom is -0.497 e. The summed E-state index contributed by atoms with van der Waals surface area (Å²) >= 11 is 0. The van der Waals surface area contributed by atoms with Gasteiger partial charge in [0.15, 0.2) is 6.23 Å². The molecular weight excluding hydrogens is 773 g/mol. The van der Waals surface area contributed by atoms with Crippen molar-refractivity contribution in [2.24, 2.45) is 0 Å². The van der Waals surface area contributed by atoms with Gasteiger partial charge in [-0.25, -0.2) is 9.59 Å². The summed E-state index contributed by atoms with van der Waals surface area (Å²) in [6.45, 7) is 1.21. The molecule has 16 nitrogen and oxygen atoms in total. The minimum atomic E-state index is -3.13. The van der Waals surface area contributed by atoms with Crippen LogP contribution in [0.3, 0.4) is 0 Å². The average Bonchev–Trinajstić information content (AvgIpc) is 3.55. The lowest BCUT2D eigenvalue weighted by atomic mass is 9.80. The molecule has 1 aliphatic rings. The van der Waals surface area contributed by atoms with Crippen LogP contribution in [0.4, 0.5) is 5.82 Å². The second-order valence-corrected chi connectivity index (χ2v) is 12.9. The van der Waals surface area contributed by atoms with Crippen molar-refractivity contribution >= 4 is 26.3 Å². The van der Waals surface area contributed by atoms with E-state index in [-0.39, 0.29) is 19.0 Å². The Morgan fingerprint density at radius 2 is 1.40 bits per heavy atom. The number of ether oxygens (including phenoxy) is 6. The number of nitrogens with zero attached hydrogens (tertiary/aromatic N) is 2. The predicted octanol–water partition coefficient (Wildman–Crippen LogP) is 3.92. The number of nitrogen functional groups attached to an aromatic ring is 1. The number of aliphatic hydroxyl groups is 1. The van der Waals surface area contributed by atoms with E-state index in [2.05, 4.69) is 4.98 Å². The maximum atomic E-state index is 12.8. The van der Waals surface area contributed by atoms with Crippen molar-refractivity contribution in [3.05, 3.63) is 154 Å². The molecule has 1 aliphatic heterocycles. The van der Waals surface area contributed by atoms with E-state index in [4.69, 9.17) is 48.5 Å². The van der Waals surface area contributed by atoms with Gasteiger partial charge in [0.25, 0.3) is 0 Å². The number of methoxy groups -OCH3 is 2. The van der Waals surface area contributed by atoms with Gasteiger partial charge in [0.05, 0.1) is 27.4 Å². The largest absolute Gasteiger partial charge is 0.497 e. The van der Waals surface area contributed by atoms with Crippen LogP contribution in [0.15, 0.2) is 126 Å². The summed E-state index contributed by atoms with van der Waals surface area (Å²) in [5, 5.41) is 11.5. The highest BCUT2D eigenvalue weighted by atomic mass is 31.1. The van der Waals surface area contributed by atoms with Crippen LogP contribution in [0.5, 0.6) is 11.5 Å². The Balaban J connectivity index is 0.000000535. The Morgan fingerprint density at radius 3 is 1.86 bits per heavy atom. The van der Waals surface area contributed by atoms with E-state index in [1.165, 1.54) is 12.3 Å². The van der Waals surface area contributed by atoms with Gasteiger partial charge in [0.2, 0.25) is 0 Å². The quantitative estimate of drug-likeness (QED) is 0.0539. The molecule has 0 saturated carbocycles. The third-order valence-electron chi connectivity index (χ3n) is 8.71. The molecule has 1 aromatic heterocycles. The average molecular weight is 820 g/mol. The molecule has 2 unspecified atom stereocenters. The molecule has 0 amide bonds. The fourth-order valence-electron chi connectivity index (χ4n) is 6.06. The summed E-state index contributed by atoms with van der Waals surface area (Å²) in [6, 6.07) is 35.2. The summed E-state index contributed by atoms with van der Waals surface area (Å²) in [6.07, 6.45) is -2.37. The fourth-order valence-corrected chi connectivity index (χ4v) is 6.06. The van der Waals surface area contributed by atoms with Crippen molar-refractivity contribution < 1.29 is 57.5 Å². The van der Waals surface area contributed by atoms with E-state index in [1.807, 2.05) is 97.1 Å². The van der Waals surface area contributed by atoms with Crippen LogP contribution in [0.25, 0.3) is 0 Å². The second kappa shape index (κ2) is 22.3. The highest BCUT2D eigenvalue weighted by Crippen LogP contribution is 2.43. The Morgan fingerprint density at radius 1 is 0.879 bits per heavy atom. The third kappa shape index (κ3) is 11.9. The van der Waals surface area contributed by atoms with Gasteiger partial charge in [-0.15, -0.1) is 0 Å². The van der Waals surface area contributed by atoms with E-state index in [0.29, 0.717) is 11.5 Å². The molecule has 17 heteroatoms. The molecule has 5 N–H and O–H groups in total. The van der Waals surface area contributed by atoms with Crippen LogP contribution >= 0.6 is 8.25 Å². The van der Waals surface area contributed by atoms with Crippen molar-refractivity contribution in [3.8, 4) is 11.5 Å². The van der Waals surface area contributed by atoms with Gasteiger partial charge in [-0.05, 0) is 53.9 Å². The van der Waals surface area contributed by atoms with Gasteiger partial charge in [0, 0.05) is 11.8 Å². The highest BCUT2D eigenvalue weighted by molar-refractivity contribution is 7.30. The number of hydrogen-bond acceptors (Lipinski definition) is 13. The highest BCUT2D eigenvalue weighted by Gasteiger charge is 2.48. The Labute approximate surface area is 335 Å². The van der Waals surface area contributed by atoms with Crippen LogP contribution in [0.1, 0.15) is 40.2 Å². The normalized spacial score (nSPS) is 17.2. The smallest absolute Gasteiger partial charge is 0.351 e. The van der Waals surface area contributed by atoms with Crippen molar-refractivity contribution in [2.45, 2.75) is 37.1 Å². The molecule has 308 valence electrons. The number of rotatable bonds is 14. The lowest BCUT2D eigenvalue weighted by Crippen LogP contribution is -2.41. The molecular formula is C41H46N3O13P. The number of hydrogen-bond donors (Lipinski definition) is 4. The van der Waals surface area contributed by atoms with Crippen molar-refractivity contribution in [3.63, 3.8) is 0 Å². The summed E-state index contributed by atoms with van der Waals surface area (Å²) in [7, 11) is 0.0589. The molecule has 4 atom stereocenters. The first-order chi connectivity index (χ1) is 28.0. The lowest BCUT2D eigenvalue weighted by Gasteiger charge is -2.37. The summed E-state index contributed by atoms with van der Waals surface area (Å²) in [5.74, 6) is 0.734. The van der Waals surface area contributed by atoms with Crippen LogP contribution in [0.2, 0.25) is 0 Å². The summed E-state index contributed by atoms with van der Waals surface area (Å²) < 4.78 is 44.7. The molecule has 58 heavy (non-hydrogen) atoms. The standard InChI is InChI=1S/C34H37N3O9.C7H6O.H3O3P/c1-4-43-29(38)21-44-31-30(39)27(46-32(31)37-19-18-28(35)36-33(37)40)20-45-34(22-8-6-5-7-9-22,23-10-14-25(41-2)15-11-23)24-12-16-26(42-3)17-13-24;8-6-7-4-2-1-3-5-7;1-4(2)3/h5-19,27,30-32,39H,4,20-21H2,1-3H3,(H2,35,36,40);1-6H;4H,(H2,1,2,3)/t27-,30?,31?,32-;;/m1../s1. The van der Waals surface area contributed by atoms with Gasteiger partial charge < -0.3 is 49.0 Å². The van der Waals surface area contributed by atoms with Crippen LogP contribution in [-0.2, 0) is 33.9 Å². The minimum absolute atomic E-state index is 0.0234. The Kier molecular flexibility index (Phi) is 17.3. The molecule has 0 spiro atoms. The van der Waals surface area contributed by atoms with E-state index in [9.17, 15) is 19.5 Å². The molecule has 1 saturated heterocycles. The Hall–Kier alpha value is -5.71. The Bertz CT molecular complexity index is 2050. The molecule has 4 aromatic carbocycles. The number of carbonyl (C=O) groups is 2. The maximum Gasteiger partial charge on any atom is 0.351 e. The topological polar surface area (TPSA) is 228 Å². The van der Waals surface area contributed by atoms with Gasteiger partial charge in [-0.1, -0.05) is 84.9 Å². The van der Waals surface area contributed by atoms with Crippen molar-refractivity contribution in [1.29, 1.82) is 0 Å². The number of benzene rings is 4.